The van der Waals surface area contributed by atoms with Gasteiger partial charge in [0.25, 0.3) is 0 Å². The summed E-state index contributed by atoms with van der Waals surface area (Å²) in [5.41, 5.74) is 4.51. The summed E-state index contributed by atoms with van der Waals surface area (Å²) in [5, 5.41) is 8.48. The largest absolute Gasteiger partial charge is 0.340 e. The molecule has 0 radical (unpaired) electrons. The van der Waals surface area contributed by atoms with Crippen molar-refractivity contribution in [1.82, 2.24) is 14.7 Å². The van der Waals surface area contributed by atoms with E-state index in [2.05, 4.69) is 77.7 Å². The Morgan fingerprint density at radius 1 is 1.00 bits per heavy atom. The summed E-state index contributed by atoms with van der Waals surface area (Å²) >= 11 is 5.74. The van der Waals surface area contributed by atoms with E-state index in [0.717, 1.165) is 31.0 Å². The number of hydrogen-bond donors (Lipinski definition) is 1. The number of nitrogens with one attached hydrogen (secondary N) is 1. The second-order valence-electron chi connectivity index (χ2n) is 6.22. The van der Waals surface area contributed by atoms with E-state index in [0.29, 0.717) is 5.11 Å². The second kappa shape index (κ2) is 8.63. The lowest BCUT2D eigenvalue weighted by Crippen LogP contribution is -2.34. The zero-order valence-electron chi connectivity index (χ0n) is 15.2. The Bertz CT molecular complexity index is 801. The Morgan fingerprint density at radius 3 is 2.00 bits per heavy atom. The van der Waals surface area contributed by atoms with E-state index in [4.69, 9.17) is 12.2 Å². The van der Waals surface area contributed by atoms with Gasteiger partial charge in [-0.25, -0.2) is 0 Å². The second-order valence-corrected chi connectivity index (χ2v) is 6.60. The number of nitrogens with zero attached hydrogens (tertiary/aromatic N) is 3. The first-order valence-electron chi connectivity index (χ1n) is 8.83. The molecule has 0 aliphatic carbocycles. The third-order valence-electron chi connectivity index (χ3n) is 4.36. The SMILES string of the molecule is CCn1ncc(NC(=S)N(Cc2ccccc2)Cc2ccccc2)c1C. The fourth-order valence-corrected chi connectivity index (χ4v) is 3.13. The van der Waals surface area contributed by atoms with Gasteiger partial charge in [-0.2, -0.15) is 5.10 Å². The predicted octanol–water partition coefficient (Wildman–Crippen LogP) is 4.61. The molecule has 1 N–H and O–H groups in total. The highest BCUT2D eigenvalue weighted by Crippen LogP contribution is 2.17. The number of aryl methyl sites for hydroxylation is 1. The smallest absolute Gasteiger partial charge is 0.174 e. The van der Waals surface area contributed by atoms with Crippen molar-refractivity contribution in [1.29, 1.82) is 0 Å². The maximum absolute atomic E-state index is 5.74. The molecular formula is C21H24N4S. The molecule has 0 spiro atoms. The maximum Gasteiger partial charge on any atom is 0.174 e. The molecule has 0 atom stereocenters. The molecule has 3 rings (SSSR count). The molecule has 0 saturated carbocycles. The average molecular weight is 365 g/mol. The van der Waals surface area contributed by atoms with Gasteiger partial charge in [-0.1, -0.05) is 60.7 Å². The van der Waals surface area contributed by atoms with Gasteiger partial charge in [-0.05, 0) is 37.2 Å². The third-order valence-corrected chi connectivity index (χ3v) is 4.72. The van der Waals surface area contributed by atoms with E-state index in [9.17, 15) is 0 Å². The van der Waals surface area contributed by atoms with Crippen molar-refractivity contribution in [3.8, 4) is 0 Å². The van der Waals surface area contributed by atoms with Gasteiger partial charge in [-0.15, -0.1) is 0 Å². The number of aromatic nitrogens is 2. The summed E-state index contributed by atoms with van der Waals surface area (Å²) in [6, 6.07) is 20.8. The van der Waals surface area contributed by atoms with E-state index in [1.54, 1.807) is 0 Å². The van der Waals surface area contributed by atoms with Crippen LogP contribution in [0.3, 0.4) is 0 Å². The van der Waals surface area contributed by atoms with Crippen molar-refractivity contribution in [2.24, 2.45) is 0 Å². The van der Waals surface area contributed by atoms with Crippen molar-refractivity contribution in [3.05, 3.63) is 83.7 Å². The Kier molecular flexibility index (Phi) is 6.02. The molecule has 0 aliphatic rings. The lowest BCUT2D eigenvalue weighted by molar-refractivity contribution is 0.413. The molecule has 0 unspecified atom stereocenters. The van der Waals surface area contributed by atoms with Crippen molar-refractivity contribution < 1.29 is 0 Å². The quantitative estimate of drug-likeness (QED) is 0.648. The zero-order chi connectivity index (χ0) is 18.4. The van der Waals surface area contributed by atoms with Gasteiger partial charge in [0.15, 0.2) is 5.11 Å². The topological polar surface area (TPSA) is 33.1 Å². The van der Waals surface area contributed by atoms with E-state index >= 15 is 0 Å². The first-order valence-corrected chi connectivity index (χ1v) is 9.24. The minimum atomic E-state index is 0.705. The van der Waals surface area contributed by atoms with E-state index in [-0.39, 0.29) is 0 Å². The summed E-state index contributed by atoms with van der Waals surface area (Å²) < 4.78 is 1.96. The first-order chi connectivity index (χ1) is 12.7. The van der Waals surface area contributed by atoms with Gasteiger partial charge in [0.05, 0.1) is 17.6 Å². The summed E-state index contributed by atoms with van der Waals surface area (Å²) in [6.07, 6.45) is 1.84. The normalized spacial score (nSPS) is 10.5. The molecule has 0 aliphatic heterocycles. The molecule has 0 amide bonds. The highest BCUT2D eigenvalue weighted by Gasteiger charge is 2.14. The van der Waals surface area contributed by atoms with Crippen LogP contribution in [-0.2, 0) is 19.6 Å². The standard InChI is InChI=1S/C21H24N4S/c1-3-25-17(2)20(14-22-25)23-21(26)24(15-18-10-6-4-7-11-18)16-19-12-8-5-9-13-19/h4-14H,3,15-16H2,1-2H3,(H,23,26). The van der Waals surface area contributed by atoms with Crippen molar-refractivity contribution in [2.75, 3.05) is 5.32 Å². The van der Waals surface area contributed by atoms with Gasteiger partial charge in [-0.3, -0.25) is 4.68 Å². The van der Waals surface area contributed by atoms with Crippen LogP contribution >= 0.6 is 12.2 Å². The molecule has 3 aromatic rings. The van der Waals surface area contributed by atoms with E-state index in [1.807, 2.05) is 23.0 Å². The number of benzene rings is 2. The molecule has 2 aromatic carbocycles. The first kappa shape index (κ1) is 18.1. The molecule has 134 valence electrons. The van der Waals surface area contributed by atoms with Gasteiger partial charge < -0.3 is 10.2 Å². The van der Waals surface area contributed by atoms with Gasteiger partial charge in [0, 0.05) is 19.6 Å². The molecule has 0 fully saturated rings. The van der Waals surface area contributed by atoms with Crippen LogP contribution < -0.4 is 5.32 Å². The molecular weight excluding hydrogens is 340 g/mol. The van der Waals surface area contributed by atoms with Crippen LogP contribution in [0, 0.1) is 6.92 Å². The summed E-state index contributed by atoms with van der Waals surface area (Å²) in [6.45, 7) is 6.49. The lowest BCUT2D eigenvalue weighted by Gasteiger charge is -2.26. The zero-order valence-corrected chi connectivity index (χ0v) is 16.0. The van der Waals surface area contributed by atoms with Crippen LogP contribution in [-0.4, -0.2) is 19.8 Å². The molecule has 1 heterocycles. The van der Waals surface area contributed by atoms with Crippen LogP contribution in [0.25, 0.3) is 0 Å². The maximum atomic E-state index is 5.74. The number of anilines is 1. The van der Waals surface area contributed by atoms with Crippen LogP contribution in [0.5, 0.6) is 0 Å². The summed E-state index contributed by atoms with van der Waals surface area (Å²) in [5.74, 6) is 0. The van der Waals surface area contributed by atoms with E-state index in [1.165, 1.54) is 11.1 Å². The number of rotatable bonds is 6. The number of thiocarbonyl (C=S) groups is 1. The Morgan fingerprint density at radius 2 is 1.54 bits per heavy atom. The minimum absolute atomic E-state index is 0.705. The molecule has 26 heavy (non-hydrogen) atoms. The van der Waals surface area contributed by atoms with Crippen LogP contribution in [0.2, 0.25) is 0 Å². The van der Waals surface area contributed by atoms with Crippen LogP contribution in [0.4, 0.5) is 5.69 Å². The predicted molar refractivity (Wildman–Crippen MR) is 111 cm³/mol. The van der Waals surface area contributed by atoms with E-state index < -0.39 is 0 Å². The Labute approximate surface area is 160 Å². The molecule has 4 nitrogen and oxygen atoms in total. The fourth-order valence-electron chi connectivity index (χ4n) is 2.89. The lowest BCUT2D eigenvalue weighted by atomic mass is 10.2. The monoisotopic (exact) mass is 364 g/mol. The van der Waals surface area contributed by atoms with Crippen molar-refractivity contribution in [2.45, 2.75) is 33.5 Å². The number of hydrogen-bond acceptors (Lipinski definition) is 2. The third kappa shape index (κ3) is 4.49. The molecule has 0 bridgehead atoms. The molecule has 1 aromatic heterocycles. The highest BCUT2D eigenvalue weighted by atomic mass is 32.1. The van der Waals surface area contributed by atoms with Gasteiger partial charge in [0.2, 0.25) is 0 Å². The van der Waals surface area contributed by atoms with Crippen molar-refractivity contribution >= 4 is 23.0 Å². The van der Waals surface area contributed by atoms with Gasteiger partial charge >= 0.3 is 0 Å². The van der Waals surface area contributed by atoms with Crippen LogP contribution in [0.15, 0.2) is 66.9 Å². The fraction of sp³-hybridized carbons (Fsp3) is 0.238. The molecule has 0 saturated heterocycles. The van der Waals surface area contributed by atoms with Gasteiger partial charge in [0.1, 0.15) is 0 Å². The highest BCUT2D eigenvalue weighted by molar-refractivity contribution is 7.80. The minimum Gasteiger partial charge on any atom is -0.340 e. The summed E-state index contributed by atoms with van der Waals surface area (Å²) in [7, 11) is 0. The van der Waals surface area contributed by atoms with Crippen LogP contribution in [0.1, 0.15) is 23.7 Å². The summed E-state index contributed by atoms with van der Waals surface area (Å²) in [4.78, 5) is 2.18. The Balaban J connectivity index is 1.79. The average Bonchev–Trinajstić information content (AvgIpc) is 3.02. The Hall–Kier alpha value is -2.66. The molecule has 5 heteroatoms. The van der Waals surface area contributed by atoms with Crippen molar-refractivity contribution in [3.63, 3.8) is 0 Å².